The molecule has 0 amide bonds. The van der Waals surface area contributed by atoms with E-state index in [1.54, 1.807) is 30.3 Å². The fraction of sp³-hybridized carbons (Fsp3) is 0. The molecular weight excluding hydrogens is 276 g/mol. The maximum Gasteiger partial charge on any atom is 0.347 e. The molecule has 4 N–H and O–H groups in total. The molecule has 0 saturated carbocycles. The molecule has 0 spiro atoms. The van der Waals surface area contributed by atoms with E-state index in [2.05, 4.69) is 0 Å². The van der Waals surface area contributed by atoms with Gasteiger partial charge < -0.3 is 24.8 Å². The number of hydrogen-bond donors (Lipinski definition) is 4. The van der Waals surface area contributed by atoms with Crippen LogP contribution in [0.3, 0.4) is 0 Å². The van der Waals surface area contributed by atoms with Gasteiger partial charge in [0.05, 0.1) is 0 Å². The third-order valence-electron chi connectivity index (χ3n) is 3.16. The summed E-state index contributed by atoms with van der Waals surface area (Å²) in [5.41, 5.74) is -0.790. The van der Waals surface area contributed by atoms with Gasteiger partial charge in [-0.15, -0.1) is 0 Å². The van der Waals surface area contributed by atoms with Crippen molar-refractivity contribution in [1.82, 2.24) is 0 Å². The van der Waals surface area contributed by atoms with Gasteiger partial charge in [-0.05, 0) is 5.56 Å². The summed E-state index contributed by atoms with van der Waals surface area (Å²) in [5, 5.41) is 38.8. The standard InChI is InChI=1S/C15H10O6/c16-8-6-9-11(14(19)12(8)17)13(18)10(15(20)21-9)7-4-2-1-3-5-7/h1-6,16-19H. The Bertz CT molecular complexity index is 896. The highest BCUT2D eigenvalue weighted by molar-refractivity contribution is 5.97. The average molecular weight is 286 g/mol. The van der Waals surface area contributed by atoms with E-state index in [4.69, 9.17) is 4.42 Å². The Morgan fingerprint density at radius 2 is 1.52 bits per heavy atom. The molecule has 0 aliphatic carbocycles. The van der Waals surface area contributed by atoms with Crippen molar-refractivity contribution in [3.8, 4) is 34.1 Å². The van der Waals surface area contributed by atoms with E-state index >= 15 is 0 Å². The maximum atomic E-state index is 12.0. The van der Waals surface area contributed by atoms with Crippen LogP contribution in [0.15, 0.2) is 45.6 Å². The SMILES string of the molecule is O=c1oc2cc(O)c(O)c(O)c2c(O)c1-c1ccccc1. The van der Waals surface area contributed by atoms with Gasteiger partial charge in [0.2, 0.25) is 5.75 Å². The van der Waals surface area contributed by atoms with Gasteiger partial charge >= 0.3 is 5.63 Å². The second-order valence-corrected chi connectivity index (χ2v) is 4.45. The first-order valence-electron chi connectivity index (χ1n) is 5.99. The topological polar surface area (TPSA) is 111 Å². The number of rotatable bonds is 1. The average Bonchev–Trinajstić information content (AvgIpc) is 2.45. The van der Waals surface area contributed by atoms with Crippen LogP contribution in [0.1, 0.15) is 0 Å². The van der Waals surface area contributed by atoms with E-state index in [0.717, 1.165) is 6.07 Å². The van der Waals surface area contributed by atoms with E-state index in [1.165, 1.54) is 0 Å². The molecule has 106 valence electrons. The predicted molar refractivity (Wildman–Crippen MR) is 74.6 cm³/mol. The van der Waals surface area contributed by atoms with Gasteiger partial charge in [0.1, 0.15) is 22.3 Å². The van der Waals surface area contributed by atoms with Crippen molar-refractivity contribution >= 4 is 11.0 Å². The van der Waals surface area contributed by atoms with Crippen LogP contribution in [0.4, 0.5) is 0 Å². The van der Waals surface area contributed by atoms with Gasteiger partial charge in [-0.2, -0.15) is 0 Å². The lowest BCUT2D eigenvalue weighted by atomic mass is 10.0. The molecule has 0 unspecified atom stereocenters. The molecule has 1 heterocycles. The Kier molecular flexibility index (Phi) is 2.72. The summed E-state index contributed by atoms with van der Waals surface area (Å²) in [4.78, 5) is 12.0. The van der Waals surface area contributed by atoms with Crippen LogP contribution in [-0.4, -0.2) is 20.4 Å². The van der Waals surface area contributed by atoms with E-state index in [9.17, 15) is 25.2 Å². The lowest BCUT2D eigenvalue weighted by Gasteiger charge is -2.09. The summed E-state index contributed by atoms with van der Waals surface area (Å²) >= 11 is 0. The zero-order valence-corrected chi connectivity index (χ0v) is 10.6. The number of hydrogen-bond acceptors (Lipinski definition) is 6. The molecule has 2 aromatic carbocycles. The molecule has 21 heavy (non-hydrogen) atoms. The van der Waals surface area contributed by atoms with Crippen molar-refractivity contribution < 1.29 is 24.8 Å². The van der Waals surface area contributed by atoms with Crippen molar-refractivity contribution in [1.29, 1.82) is 0 Å². The lowest BCUT2D eigenvalue weighted by molar-refractivity contribution is 0.368. The fourth-order valence-corrected chi connectivity index (χ4v) is 2.16. The van der Waals surface area contributed by atoms with Gasteiger partial charge in [0.25, 0.3) is 0 Å². The molecule has 6 nitrogen and oxygen atoms in total. The summed E-state index contributed by atoms with van der Waals surface area (Å²) in [5.74, 6) is -2.75. The van der Waals surface area contributed by atoms with E-state index < -0.39 is 28.6 Å². The van der Waals surface area contributed by atoms with Crippen LogP contribution in [-0.2, 0) is 0 Å². The van der Waals surface area contributed by atoms with Gasteiger partial charge in [-0.25, -0.2) is 4.79 Å². The number of phenols is 3. The minimum Gasteiger partial charge on any atom is -0.506 e. The number of benzene rings is 2. The van der Waals surface area contributed by atoms with E-state index in [-0.39, 0.29) is 16.5 Å². The molecule has 0 radical (unpaired) electrons. The highest BCUT2D eigenvalue weighted by atomic mass is 16.4. The van der Waals surface area contributed by atoms with Crippen molar-refractivity contribution in [3.05, 3.63) is 46.8 Å². The van der Waals surface area contributed by atoms with Crippen LogP contribution in [0.25, 0.3) is 22.1 Å². The highest BCUT2D eigenvalue weighted by Crippen LogP contribution is 2.46. The molecule has 0 aliphatic rings. The van der Waals surface area contributed by atoms with Gasteiger partial charge in [-0.3, -0.25) is 0 Å². The number of aromatic hydroxyl groups is 4. The first-order chi connectivity index (χ1) is 10.0. The Balaban J connectivity index is 2.47. The first kappa shape index (κ1) is 12.9. The number of phenolic OH excluding ortho intramolecular Hbond substituents is 3. The summed E-state index contributed by atoms with van der Waals surface area (Å²) in [6.07, 6.45) is 0. The second-order valence-electron chi connectivity index (χ2n) is 4.45. The Labute approximate surface area is 117 Å². The molecule has 0 fully saturated rings. The normalized spacial score (nSPS) is 10.9. The molecule has 0 saturated heterocycles. The van der Waals surface area contributed by atoms with Crippen LogP contribution in [0.2, 0.25) is 0 Å². The smallest absolute Gasteiger partial charge is 0.347 e. The zero-order chi connectivity index (χ0) is 15.1. The van der Waals surface area contributed by atoms with Crippen molar-refractivity contribution in [2.45, 2.75) is 0 Å². The van der Waals surface area contributed by atoms with Gasteiger partial charge in [0.15, 0.2) is 11.5 Å². The van der Waals surface area contributed by atoms with Crippen LogP contribution < -0.4 is 5.63 Å². The van der Waals surface area contributed by atoms with Crippen LogP contribution in [0, 0.1) is 0 Å². The van der Waals surface area contributed by atoms with Crippen LogP contribution >= 0.6 is 0 Å². The van der Waals surface area contributed by atoms with Gasteiger partial charge in [-0.1, -0.05) is 30.3 Å². The highest BCUT2D eigenvalue weighted by Gasteiger charge is 2.22. The molecule has 0 atom stereocenters. The molecule has 0 bridgehead atoms. The molecule has 1 aromatic heterocycles. The second kappa shape index (κ2) is 4.45. The first-order valence-corrected chi connectivity index (χ1v) is 5.99. The monoisotopic (exact) mass is 286 g/mol. The number of fused-ring (bicyclic) bond motifs is 1. The summed E-state index contributed by atoms with van der Waals surface area (Å²) in [6.45, 7) is 0. The van der Waals surface area contributed by atoms with Crippen molar-refractivity contribution in [3.63, 3.8) is 0 Å². The molecule has 3 rings (SSSR count). The fourth-order valence-electron chi connectivity index (χ4n) is 2.16. The third kappa shape index (κ3) is 1.85. The van der Waals surface area contributed by atoms with Crippen molar-refractivity contribution in [2.24, 2.45) is 0 Å². The Morgan fingerprint density at radius 3 is 2.19 bits per heavy atom. The Morgan fingerprint density at radius 1 is 0.857 bits per heavy atom. The zero-order valence-electron chi connectivity index (χ0n) is 10.6. The Hall–Kier alpha value is -3.15. The summed E-state index contributed by atoms with van der Waals surface area (Å²) in [6, 6.07) is 9.22. The minimum atomic E-state index is -0.823. The van der Waals surface area contributed by atoms with E-state index in [0.29, 0.717) is 5.56 Å². The predicted octanol–water partition coefficient (Wildman–Crippen LogP) is 2.28. The molecule has 0 aliphatic heterocycles. The van der Waals surface area contributed by atoms with Crippen LogP contribution in [0.5, 0.6) is 23.0 Å². The third-order valence-corrected chi connectivity index (χ3v) is 3.16. The largest absolute Gasteiger partial charge is 0.506 e. The summed E-state index contributed by atoms with van der Waals surface area (Å²) < 4.78 is 5.00. The minimum absolute atomic E-state index is 0.136. The molecule has 3 aromatic rings. The molecule has 6 heteroatoms. The lowest BCUT2D eigenvalue weighted by Crippen LogP contribution is -2.03. The van der Waals surface area contributed by atoms with Crippen molar-refractivity contribution in [2.75, 3.05) is 0 Å². The quantitative estimate of drug-likeness (QED) is 0.403. The molecular formula is C15H10O6. The van der Waals surface area contributed by atoms with E-state index in [1.807, 2.05) is 0 Å². The maximum absolute atomic E-state index is 12.0. The summed E-state index contributed by atoms with van der Waals surface area (Å²) in [7, 11) is 0. The van der Waals surface area contributed by atoms with Gasteiger partial charge in [0, 0.05) is 6.07 Å².